The van der Waals surface area contributed by atoms with Crippen LogP contribution >= 0.6 is 11.6 Å². The molecule has 0 saturated heterocycles. The summed E-state index contributed by atoms with van der Waals surface area (Å²) < 4.78 is 0. The fourth-order valence-electron chi connectivity index (χ4n) is 5.01. The van der Waals surface area contributed by atoms with Gasteiger partial charge in [0, 0.05) is 5.02 Å². The van der Waals surface area contributed by atoms with Gasteiger partial charge >= 0.3 is 16.8 Å². The number of rotatable bonds is 8. The molecule has 0 aliphatic carbocycles. The molecule has 8 heteroatoms. The molecule has 0 amide bonds. The van der Waals surface area contributed by atoms with Gasteiger partial charge in [0.15, 0.2) is 0 Å². The summed E-state index contributed by atoms with van der Waals surface area (Å²) in [7, 11) is 0. The molecule has 0 saturated carbocycles. The van der Waals surface area contributed by atoms with E-state index in [9.17, 15) is 0 Å². The second-order valence-corrected chi connectivity index (χ2v) is 12.6. The van der Waals surface area contributed by atoms with Crippen molar-refractivity contribution in [2.24, 2.45) is 9.98 Å². The zero-order valence-electron chi connectivity index (χ0n) is 27.5. The molecule has 3 rings (SSSR count). The third-order valence-electron chi connectivity index (χ3n) is 7.20. The summed E-state index contributed by atoms with van der Waals surface area (Å²) in [4.78, 5) is 15.4. The van der Waals surface area contributed by atoms with Gasteiger partial charge in [-0.25, -0.2) is 4.98 Å². The number of benzene rings is 2. The predicted molar refractivity (Wildman–Crippen MR) is 172 cm³/mol. The minimum Gasteiger partial charge on any atom is -1.00 e. The van der Waals surface area contributed by atoms with E-state index >= 15 is 0 Å². The van der Waals surface area contributed by atoms with Crippen molar-refractivity contribution in [1.82, 2.24) is 4.98 Å². The van der Waals surface area contributed by atoms with Gasteiger partial charge in [-0.2, -0.15) is 0 Å². The van der Waals surface area contributed by atoms with Crippen molar-refractivity contribution in [3.05, 3.63) is 86.2 Å². The number of aryl methyl sites for hydroxylation is 2. The molecule has 238 valence electrons. The fraction of sp³-hybridized carbons (Fsp3) is 0.457. The first-order valence-corrected chi connectivity index (χ1v) is 14.6. The van der Waals surface area contributed by atoms with Crippen molar-refractivity contribution in [2.45, 2.75) is 107 Å². The second kappa shape index (κ2) is 18.5. The van der Waals surface area contributed by atoms with E-state index in [4.69, 9.17) is 26.6 Å². The molecule has 0 spiro atoms. The van der Waals surface area contributed by atoms with Gasteiger partial charge in [0.25, 0.3) is 0 Å². The minimum absolute atomic E-state index is 0. The Morgan fingerprint density at radius 1 is 0.558 bits per heavy atom. The molecule has 0 bridgehead atoms. The molecular weight excluding hydrogens is 663 g/mol. The molecule has 0 unspecified atom stereocenters. The molecule has 0 N–H and O–H groups in total. The minimum atomic E-state index is 0. The molecule has 43 heavy (non-hydrogen) atoms. The predicted octanol–water partition coefficient (Wildman–Crippen LogP) is 2.14. The van der Waals surface area contributed by atoms with Crippen molar-refractivity contribution < 1.29 is 54.0 Å². The average molecular weight is 710 g/mol. The Hall–Kier alpha value is -1.40. The summed E-state index contributed by atoms with van der Waals surface area (Å²) in [5.74, 6) is 1.47. The van der Waals surface area contributed by atoms with Crippen molar-refractivity contribution >= 4 is 34.4 Å². The number of pyridine rings is 1. The monoisotopic (exact) mass is 707 g/mol. The Bertz CT molecular complexity index is 1260. The summed E-state index contributed by atoms with van der Waals surface area (Å²) in [5, 5.41) is 0.633. The van der Waals surface area contributed by atoms with Gasteiger partial charge in [-0.1, -0.05) is 102 Å². The van der Waals surface area contributed by atoms with Crippen LogP contribution in [-0.2, 0) is 16.8 Å². The second-order valence-electron chi connectivity index (χ2n) is 12.2. The van der Waals surface area contributed by atoms with Gasteiger partial charge in [-0.05, 0) is 85.8 Å². The standard InChI is InChI=1S/C35H46ClN3.3ClH.Co/c1-19(2)28-13-23(9)14-29(20(3)4)34(28)37-25(11)32-17-27(36)18-33(39-32)26(12)38-35-30(21(5)6)15-24(10)16-31(35)22(7)8;;;;/h13-22H,1-12H3;3*1H;/q;;;;+3/p-3. The SMILES string of the molecule is CC(=Nc1c(C(C)C)cc(C)cc1C(C)C)c1cc(Cl)cc(C(C)=Nc2c(C(C)C)cc(C)cc2C(C)C)n1.[Cl-].[Cl-].[Cl-].[Co+3]. The molecule has 0 aliphatic heterocycles. The zero-order valence-corrected chi connectivity index (χ0v) is 31.5. The molecule has 3 aromatic rings. The van der Waals surface area contributed by atoms with Gasteiger partial charge in [0.1, 0.15) is 0 Å². The quantitative estimate of drug-likeness (QED) is 0.331. The van der Waals surface area contributed by atoms with Gasteiger partial charge in [-0.3, -0.25) is 9.98 Å². The largest absolute Gasteiger partial charge is 3.00 e. The van der Waals surface area contributed by atoms with E-state index in [0.29, 0.717) is 28.7 Å². The summed E-state index contributed by atoms with van der Waals surface area (Å²) in [6, 6.07) is 12.8. The summed E-state index contributed by atoms with van der Waals surface area (Å²) in [5.41, 5.74) is 12.9. The van der Waals surface area contributed by atoms with Gasteiger partial charge in [0.2, 0.25) is 0 Å². The van der Waals surface area contributed by atoms with E-state index in [-0.39, 0.29) is 54.0 Å². The van der Waals surface area contributed by atoms with Gasteiger partial charge in [-0.15, -0.1) is 0 Å². The first-order chi connectivity index (χ1) is 18.2. The summed E-state index contributed by atoms with van der Waals surface area (Å²) in [6.07, 6.45) is 0. The first-order valence-electron chi connectivity index (χ1n) is 14.3. The number of aromatic nitrogens is 1. The maximum absolute atomic E-state index is 6.66. The maximum atomic E-state index is 6.66. The van der Waals surface area contributed by atoms with Gasteiger partial charge < -0.3 is 37.2 Å². The van der Waals surface area contributed by atoms with Crippen LogP contribution in [0, 0.1) is 13.8 Å². The normalized spacial score (nSPS) is 11.7. The topological polar surface area (TPSA) is 37.6 Å². The first kappa shape index (κ1) is 43.7. The van der Waals surface area contributed by atoms with Crippen LogP contribution in [0.2, 0.25) is 5.02 Å². The van der Waals surface area contributed by atoms with Crippen LogP contribution < -0.4 is 37.2 Å². The van der Waals surface area contributed by atoms with Crippen LogP contribution in [0.25, 0.3) is 0 Å². The van der Waals surface area contributed by atoms with Crippen molar-refractivity contribution in [3.8, 4) is 0 Å². The Labute approximate surface area is 294 Å². The summed E-state index contributed by atoms with van der Waals surface area (Å²) in [6.45, 7) is 26.2. The molecule has 0 aliphatic rings. The number of hydrogen-bond acceptors (Lipinski definition) is 3. The Balaban J connectivity index is 0. The van der Waals surface area contributed by atoms with Crippen LogP contribution in [0.3, 0.4) is 0 Å². The van der Waals surface area contributed by atoms with Crippen LogP contribution in [0.5, 0.6) is 0 Å². The van der Waals surface area contributed by atoms with Crippen LogP contribution in [0.4, 0.5) is 11.4 Å². The van der Waals surface area contributed by atoms with Crippen LogP contribution in [0.1, 0.15) is 138 Å². The molecule has 0 radical (unpaired) electrons. The smallest absolute Gasteiger partial charge is 1.00 e. The van der Waals surface area contributed by atoms with Crippen molar-refractivity contribution in [2.75, 3.05) is 0 Å². The number of halogens is 4. The molecule has 0 atom stereocenters. The molecule has 3 nitrogen and oxygen atoms in total. The molecule has 2 aromatic carbocycles. The van der Waals surface area contributed by atoms with E-state index in [0.717, 1.165) is 34.2 Å². The van der Waals surface area contributed by atoms with Crippen LogP contribution in [0.15, 0.2) is 46.4 Å². The molecule has 0 fully saturated rings. The zero-order chi connectivity index (χ0) is 29.2. The third kappa shape index (κ3) is 10.9. The Morgan fingerprint density at radius 2 is 0.814 bits per heavy atom. The third-order valence-corrected chi connectivity index (χ3v) is 7.42. The fourth-order valence-corrected chi connectivity index (χ4v) is 5.21. The van der Waals surface area contributed by atoms with E-state index in [1.807, 2.05) is 26.0 Å². The number of hydrogen-bond donors (Lipinski definition) is 0. The summed E-state index contributed by atoms with van der Waals surface area (Å²) >= 11 is 6.66. The van der Waals surface area contributed by atoms with E-state index in [2.05, 4.69) is 93.5 Å². The van der Waals surface area contributed by atoms with Gasteiger partial charge in [0.05, 0.1) is 34.2 Å². The van der Waals surface area contributed by atoms with E-state index < -0.39 is 0 Å². The molecular formula is C35H46Cl4CoN3. The Kier molecular flexibility index (Phi) is 18.8. The maximum Gasteiger partial charge on any atom is 3.00 e. The van der Waals surface area contributed by atoms with E-state index in [1.165, 1.54) is 33.4 Å². The number of nitrogens with zero attached hydrogens (tertiary/aromatic N) is 3. The Morgan fingerprint density at radius 3 is 1.05 bits per heavy atom. The molecule has 1 aromatic heterocycles. The van der Waals surface area contributed by atoms with Crippen molar-refractivity contribution in [1.29, 1.82) is 0 Å². The van der Waals surface area contributed by atoms with Crippen LogP contribution in [-0.4, -0.2) is 16.4 Å². The molecule has 1 heterocycles. The van der Waals surface area contributed by atoms with E-state index in [1.54, 1.807) is 0 Å². The van der Waals surface area contributed by atoms with Crippen molar-refractivity contribution in [3.63, 3.8) is 0 Å². The number of aliphatic imine (C=N–C) groups is 2. The average Bonchev–Trinajstić information content (AvgIpc) is 2.84.